The molecule has 9 aromatic carbocycles. The average molecular weight is 727 g/mol. The molecule has 0 amide bonds. The summed E-state index contributed by atoms with van der Waals surface area (Å²) < 4.78 is 0. The molecule has 0 unspecified atom stereocenters. The second-order valence-electron chi connectivity index (χ2n) is 15.7. The predicted octanol–water partition coefficient (Wildman–Crippen LogP) is 14.6. The first-order valence-electron chi connectivity index (χ1n) is 19.7. The highest BCUT2D eigenvalue weighted by atomic mass is 14.9. The zero-order valence-corrected chi connectivity index (χ0v) is 31.9. The third kappa shape index (κ3) is 5.40. The number of aromatic nitrogens is 2. The van der Waals surface area contributed by atoms with E-state index in [0.29, 0.717) is 5.82 Å². The van der Waals surface area contributed by atoms with Gasteiger partial charge in [-0.2, -0.15) is 0 Å². The molecule has 2 heteroatoms. The molecular weight excluding hydrogens is 689 g/mol. The Labute approximate surface area is 332 Å². The van der Waals surface area contributed by atoms with Crippen molar-refractivity contribution in [1.82, 2.24) is 9.97 Å². The maximum absolute atomic E-state index is 5.28. The Balaban J connectivity index is 1.04. The minimum absolute atomic E-state index is 0.160. The fourth-order valence-corrected chi connectivity index (χ4v) is 9.41. The van der Waals surface area contributed by atoms with Crippen molar-refractivity contribution >= 4 is 32.3 Å². The van der Waals surface area contributed by atoms with Crippen LogP contribution >= 0.6 is 0 Å². The maximum atomic E-state index is 5.28. The van der Waals surface area contributed by atoms with Crippen LogP contribution in [0.3, 0.4) is 0 Å². The lowest BCUT2D eigenvalue weighted by atomic mass is 9.77. The second-order valence-corrected chi connectivity index (χ2v) is 15.7. The summed E-state index contributed by atoms with van der Waals surface area (Å²) in [5.74, 6) is 0.713. The van der Waals surface area contributed by atoms with Gasteiger partial charge in [-0.3, -0.25) is 0 Å². The molecular formula is C55H38N2. The molecule has 10 aromatic rings. The Hall–Kier alpha value is -7.16. The third-order valence-corrected chi connectivity index (χ3v) is 12.0. The molecule has 0 saturated carbocycles. The monoisotopic (exact) mass is 726 g/mol. The van der Waals surface area contributed by atoms with Gasteiger partial charge in [0.05, 0.1) is 11.4 Å². The van der Waals surface area contributed by atoms with E-state index in [1.165, 1.54) is 71.4 Å². The molecule has 268 valence electrons. The number of fused-ring (bicyclic) bond motifs is 7. The van der Waals surface area contributed by atoms with Crippen LogP contribution in [0.15, 0.2) is 194 Å². The van der Waals surface area contributed by atoms with Crippen molar-refractivity contribution in [2.75, 3.05) is 0 Å². The summed E-state index contributed by atoms with van der Waals surface area (Å²) in [6, 6.07) is 70.1. The Morgan fingerprint density at radius 2 is 0.860 bits per heavy atom. The van der Waals surface area contributed by atoms with E-state index in [0.717, 1.165) is 33.5 Å². The molecule has 1 aliphatic rings. The first-order valence-corrected chi connectivity index (χ1v) is 19.7. The van der Waals surface area contributed by atoms with Crippen molar-refractivity contribution in [3.8, 4) is 67.3 Å². The lowest BCUT2D eigenvalue weighted by molar-refractivity contribution is 0.668. The van der Waals surface area contributed by atoms with Crippen LogP contribution in [0.2, 0.25) is 0 Å². The zero-order valence-electron chi connectivity index (χ0n) is 31.9. The lowest BCUT2D eigenvalue weighted by Crippen LogP contribution is -2.16. The molecule has 0 spiro atoms. The van der Waals surface area contributed by atoms with Gasteiger partial charge in [0.1, 0.15) is 0 Å². The normalized spacial score (nSPS) is 12.9. The van der Waals surface area contributed by atoms with Crippen molar-refractivity contribution in [2.45, 2.75) is 19.3 Å². The summed E-state index contributed by atoms with van der Waals surface area (Å²) in [7, 11) is 0. The highest BCUT2D eigenvalue weighted by Gasteiger charge is 2.38. The molecule has 0 radical (unpaired) electrons. The van der Waals surface area contributed by atoms with Gasteiger partial charge in [0.25, 0.3) is 0 Å². The van der Waals surface area contributed by atoms with Crippen molar-refractivity contribution in [3.05, 3.63) is 205 Å². The van der Waals surface area contributed by atoms with Crippen molar-refractivity contribution in [3.63, 3.8) is 0 Å². The standard InChI is InChI=1S/C55H38N2/c1-55(2)52-43-21-9-8-15-36(43)28-29-48(52)47-25-13-24-44(53(47)55)40-20-12-19-39(33-40)42-30-31-49(46-23-11-10-22-45(42)46)54-56-50(37-16-4-3-5-17-37)34-51(57-54)41-27-26-35-14-6-7-18-38(35)32-41/h3-34H,1-2H3. The van der Waals surface area contributed by atoms with E-state index < -0.39 is 0 Å². The van der Waals surface area contributed by atoms with E-state index >= 15 is 0 Å². The SMILES string of the molecule is CC1(C)c2c(-c3cccc(-c4ccc(-c5nc(-c6ccccc6)cc(-c6ccc7ccccc7c6)n5)c5ccccc45)c3)cccc2-c2ccc3ccccc3c21. The summed E-state index contributed by atoms with van der Waals surface area (Å²) in [4.78, 5) is 10.5. The minimum Gasteiger partial charge on any atom is -0.228 e. The highest BCUT2D eigenvalue weighted by molar-refractivity contribution is 6.05. The van der Waals surface area contributed by atoms with Crippen LogP contribution in [0, 0.1) is 0 Å². The topological polar surface area (TPSA) is 25.8 Å². The summed E-state index contributed by atoms with van der Waals surface area (Å²) in [6.07, 6.45) is 0. The average Bonchev–Trinajstić information content (AvgIpc) is 3.52. The fourth-order valence-electron chi connectivity index (χ4n) is 9.41. The van der Waals surface area contributed by atoms with Crippen LogP contribution in [-0.4, -0.2) is 9.97 Å². The fraction of sp³-hybridized carbons (Fsp3) is 0.0545. The highest BCUT2D eigenvalue weighted by Crippen LogP contribution is 2.54. The van der Waals surface area contributed by atoms with Crippen molar-refractivity contribution in [2.24, 2.45) is 0 Å². The van der Waals surface area contributed by atoms with E-state index in [4.69, 9.17) is 9.97 Å². The van der Waals surface area contributed by atoms with Crippen molar-refractivity contribution < 1.29 is 0 Å². The largest absolute Gasteiger partial charge is 0.228 e. The zero-order chi connectivity index (χ0) is 38.1. The Morgan fingerprint density at radius 1 is 0.316 bits per heavy atom. The summed E-state index contributed by atoms with van der Waals surface area (Å²) >= 11 is 0. The van der Waals surface area contributed by atoms with Crippen LogP contribution in [0.25, 0.3) is 99.6 Å². The number of hydrogen-bond acceptors (Lipinski definition) is 2. The molecule has 1 aliphatic carbocycles. The molecule has 0 atom stereocenters. The molecule has 0 bridgehead atoms. The number of benzene rings is 9. The van der Waals surface area contributed by atoms with Gasteiger partial charge in [-0.05, 0) is 101 Å². The van der Waals surface area contributed by atoms with Gasteiger partial charge in [0, 0.05) is 22.1 Å². The lowest BCUT2D eigenvalue weighted by Gasteiger charge is -2.26. The minimum atomic E-state index is -0.160. The molecule has 57 heavy (non-hydrogen) atoms. The van der Waals surface area contributed by atoms with Crippen LogP contribution < -0.4 is 0 Å². The van der Waals surface area contributed by atoms with E-state index in [1.807, 2.05) is 6.07 Å². The van der Waals surface area contributed by atoms with E-state index in [1.54, 1.807) is 0 Å². The van der Waals surface area contributed by atoms with Crippen molar-refractivity contribution in [1.29, 1.82) is 0 Å². The summed E-state index contributed by atoms with van der Waals surface area (Å²) in [5.41, 5.74) is 15.2. The molecule has 0 saturated heterocycles. The molecule has 0 fully saturated rings. The second kappa shape index (κ2) is 13.0. The third-order valence-electron chi connectivity index (χ3n) is 12.0. The van der Waals surface area contributed by atoms with Gasteiger partial charge < -0.3 is 0 Å². The Morgan fingerprint density at radius 3 is 1.67 bits per heavy atom. The molecule has 2 nitrogen and oxygen atoms in total. The molecule has 1 heterocycles. The van der Waals surface area contributed by atoms with Gasteiger partial charge in [-0.25, -0.2) is 9.97 Å². The van der Waals surface area contributed by atoms with Gasteiger partial charge in [0.2, 0.25) is 0 Å². The molecule has 1 aromatic heterocycles. The smallest absolute Gasteiger partial charge is 0.161 e. The van der Waals surface area contributed by atoms with Crippen LogP contribution in [0.5, 0.6) is 0 Å². The Kier molecular flexibility index (Phi) is 7.55. The van der Waals surface area contributed by atoms with Gasteiger partial charge in [0.15, 0.2) is 5.82 Å². The van der Waals surface area contributed by atoms with Gasteiger partial charge >= 0.3 is 0 Å². The van der Waals surface area contributed by atoms with E-state index in [2.05, 4.69) is 202 Å². The van der Waals surface area contributed by atoms with Gasteiger partial charge in [-0.1, -0.05) is 184 Å². The predicted molar refractivity (Wildman–Crippen MR) is 239 cm³/mol. The molecule has 0 aliphatic heterocycles. The Bertz CT molecular complexity index is 3210. The number of nitrogens with zero attached hydrogens (tertiary/aromatic N) is 2. The van der Waals surface area contributed by atoms with Crippen LogP contribution in [0.1, 0.15) is 25.0 Å². The summed E-state index contributed by atoms with van der Waals surface area (Å²) in [6.45, 7) is 4.79. The first-order chi connectivity index (χ1) is 28.0. The number of rotatable bonds is 5. The maximum Gasteiger partial charge on any atom is 0.161 e. The number of hydrogen-bond donors (Lipinski definition) is 0. The quantitative estimate of drug-likeness (QED) is 0.176. The molecule has 0 N–H and O–H groups in total. The van der Waals surface area contributed by atoms with E-state index in [-0.39, 0.29) is 5.41 Å². The van der Waals surface area contributed by atoms with Crippen LogP contribution in [-0.2, 0) is 5.41 Å². The van der Waals surface area contributed by atoms with Gasteiger partial charge in [-0.15, -0.1) is 0 Å². The molecule has 11 rings (SSSR count). The summed E-state index contributed by atoms with van der Waals surface area (Å²) in [5, 5.41) is 7.33. The van der Waals surface area contributed by atoms with Crippen LogP contribution in [0.4, 0.5) is 0 Å². The van der Waals surface area contributed by atoms with E-state index in [9.17, 15) is 0 Å². The first kappa shape index (κ1) is 33.2.